The van der Waals surface area contributed by atoms with Crippen LogP contribution in [-0.2, 0) is 25.5 Å². The van der Waals surface area contributed by atoms with Crippen LogP contribution in [0.25, 0.3) is 22.5 Å². The Morgan fingerprint density at radius 2 is 1.43 bits per heavy atom. The summed E-state index contributed by atoms with van der Waals surface area (Å²) in [6.45, 7) is 7.72. The van der Waals surface area contributed by atoms with E-state index in [4.69, 9.17) is 19.2 Å². The molecule has 19 heteroatoms. The van der Waals surface area contributed by atoms with Gasteiger partial charge in [-0.1, -0.05) is 33.8 Å². The van der Waals surface area contributed by atoms with E-state index in [0.29, 0.717) is 65.2 Å². The number of H-pyrrole nitrogens is 2. The van der Waals surface area contributed by atoms with E-state index in [1.165, 1.54) is 30.1 Å². The van der Waals surface area contributed by atoms with Crippen molar-refractivity contribution in [2.24, 2.45) is 11.8 Å². The van der Waals surface area contributed by atoms with Crippen LogP contribution < -0.4 is 20.3 Å². The summed E-state index contributed by atoms with van der Waals surface area (Å²) in [4.78, 5) is 75.7. The number of nitrogens with one attached hydrogen (secondary N) is 4. The molecule has 2 saturated heterocycles. The van der Waals surface area contributed by atoms with Crippen molar-refractivity contribution in [3.05, 3.63) is 93.2 Å². The summed E-state index contributed by atoms with van der Waals surface area (Å²) in [5, 5.41) is 5.29. The van der Waals surface area contributed by atoms with Gasteiger partial charge in [-0.2, -0.15) is 0 Å². The number of carbonyl (C=O) groups excluding carboxylic acids is 4. The highest BCUT2D eigenvalue weighted by Gasteiger charge is 2.46. The molecule has 1 aliphatic carbocycles. The number of fused-ring (bicyclic) bond motifs is 5. The summed E-state index contributed by atoms with van der Waals surface area (Å²) in [5.41, 5.74) is 5.00. The number of amides is 4. The van der Waals surface area contributed by atoms with Crippen molar-refractivity contribution in [3.63, 3.8) is 0 Å². The first-order chi connectivity index (χ1) is 33.2. The van der Waals surface area contributed by atoms with E-state index in [9.17, 15) is 19.2 Å². The molecule has 3 aromatic heterocycles. The molecule has 7 heterocycles. The fourth-order valence-corrected chi connectivity index (χ4v) is 11.7. The van der Waals surface area contributed by atoms with Crippen molar-refractivity contribution in [1.82, 2.24) is 40.4 Å². The summed E-state index contributed by atoms with van der Waals surface area (Å²) in [7, 11) is 2.49. The number of imidazole rings is 2. The monoisotopic (exact) mass is 965 g/mol. The molecule has 5 aliphatic rings. The molecule has 3 fully saturated rings. The zero-order chi connectivity index (χ0) is 48.4. The third kappa shape index (κ3) is 8.67. The number of aromatic nitrogens is 4. The minimum absolute atomic E-state index is 0.0555. The highest BCUT2D eigenvalue weighted by atomic mass is 32.1. The molecule has 0 spiro atoms. The average molecular weight is 966 g/mol. The lowest BCUT2D eigenvalue weighted by Crippen LogP contribution is -2.51. The van der Waals surface area contributed by atoms with Crippen LogP contribution in [0.5, 0.6) is 5.75 Å². The van der Waals surface area contributed by atoms with Gasteiger partial charge in [0.15, 0.2) is 0 Å². The first kappa shape index (κ1) is 46.2. The Morgan fingerprint density at radius 3 is 2.09 bits per heavy atom. The zero-order valence-corrected chi connectivity index (χ0v) is 40.2. The van der Waals surface area contributed by atoms with Gasteiger partial charge in [-0.25, -0.2) is 28.3 Å². The number of ether oxygens (including phenoxy) is 3. The van der Waals surface area contributed by atoms with Gasteiger partial charge in [0.25, 0.3) is 0 Å². The minimum atomic E-state index is -1.27. The highest BCUT2D eigenvalue weighted by molar-refractivity contribution is 7.12. The van der Waals surface area contributed by atoms with Crippen LogP contribution in [0.3, 0.4) is 0 Å². The van der Waals surface area contributed by atoms with E-state index in [1.807, 2.05) is 32.0 Å². The Kier molecular flexibility index (Phi) is 12.4. The van der Waals surface area contributed by atoms with Crippen molar-refractivity contribution in [1.29, 1.82) is 0 Å². The number of methoxy groups -OCH3 is 2. The van der Waals surface area contributed by atoms with Gasteiger partial charge in [0.2, 0.25) is 18.0 Å². The SMILES string of the molecule is COC(=O)N[C@H](C(=O)N1CCC[C@H]1c1ncc(-c2cc(F)c3c(c2)OC(c2ccc(C4CC4)s2)N2c4ccc(-c5cnc([C@@H]6C[C@@H](F)CN6C(=O)[C@@H](NC(=O)OC)C(C)C)[nH]5)cc4CC32)[nH]1)C(C)C. The van der Waals surface area contributed by atoms with Gasteiger partial charge >= 0.3 is 12.2 Å². The van der Waals surface area contributed by atoms with Crippen molar-refractivity contribution >= 4 is 41.0 Å². The average Bonchev–Trinajstić information content (AvgIpc) is 4.03. The molecule has 0 radical (unpaired) electrons. The quantitative estimate of drug-likeness (QED) is 0.0942. The Labute approximate surface area is 402 Å². The second-order valence-corrected chi connectivity index (χ2v) is 20.6. The Balaban J connectivity index is 0.934. The lowest BCUT2D eigenvalue weighted by Gasteiger charge is -2.40. The molecule has 4 N–H and O–H groups in total. The number of hydrogen-bond acceptors (Lipinski definition) is 11. The summed E-state index contributed by atoms with van der Waals surface area (Å²) in [5.74, 6) is 0.496. The van der Waals surface area contributed by atoms with Crippen molar-refractivity contribution < 1.29 is 42.2 Å². The molecule has 16 nitrogen and oxygen atoms in total. The van der Waals surface area contributed by atoms with Gasteiger partial charge in [0, 0.05) is 29.1 Å². The molecule has 0 bridgehead atoms. The summed E-state index contributed by atoms with van der Waals surface area (Å²) >= 11 is 1.73. The molecule has 7 atom stereocenters. The van der Waals surface area contributed by atoms with Gasteiger partial charge in [0.1, 0.15) is 41.5 Å². The maximum atomic E-state index is 17.0. The van der Waals surface area contributed by atoms with Crippen LogP contribution in [0.4, 0.5) is 24.1 Å². The minimum Gasteiger partial charge on any atom is -0.465 e. The Bertz CT molecular complexity index is 2790. The summed E-state index contributed by atoms with van der Waals surface area (Å²) in [6, 6.07) is 10.7. The van der Waals surface area contributed by atoms with E-state index in [0.717, 1.165) is 41.0 Å². The van der Waals surface area contributed by atoms with Crippen LogP contribution >= 0.6 is 11.3 Å². The first-order valence-electron chi connectivity index (χ1n) is 23.8. The van der Waals surface area contributed by atoms with Crippen molar-refractivity contribution in [3.8, 4) is 28.3 Å². The molecular formula is C50H57F2N9O7S. The fourth-order valence-electron chi connectivity index (χ4n) is 10.5. The lowest BCUT2D eigenvalue weighted by atomic mass is 9.96. The number of rotatable bonds is 12. The molecule has 1 saturated carbocycles. The van der Waals surface area contributed by atoms with E-state index in [2.05, 4.69) is 48.7 Å². The van der Waals surface area contributed by atoms with Gasteiger partial charge in [-0.05, 0) is 97.4 Å². The molecule has 69 heavy (non-hydrogen) atoms. The predicted molar refractivity (Wildman–Crippen MR) is 253 cm³/mol. The normalized spacial score (nSPS) is 22.5. The topological polar surface area (TPSA) is 187 Å². The van der Waals surface area contributed by atoms with Crippen molar-refractivity contribution in [2.45, 2.75) is 115 Å². The molecule has 10 rings (SSSR count). The van der Waals surface area contributed by atoms with Gasteiger partial charge < -0.3 is 49.5 Å². The number of likely N-dealkylation sites (tertiary alicyclic amines) is 2. The standard InChI is InChI=1S/C50H57F2N9O7S/c1-24(2)42(57-49(64)66-5)46(62)59-15-7-8-35(59)44-53-22-33(56-44)28-17-31(52)41-36-18-29-16-27(11-12-34(29)61(36)48(68-38(41)19-28)40-14-13-39(69-40)26-9-10-26)32-21-54-45(55-32)37-20-30(51)23-60(37)47(63)43(25(3)4)58-50(65)67-6/h11-14,16-17,19,21-22,24-26,30,35-37,42-43,48H,7-10,15,18,20,23H2,1-6H3,(H,53,56)(H,54,55)(H,57,64)(H,58,65)/t30-,35+,36?,37+,42+,43+,48?/m1/s1. The number of halogens is 2. The van der Waals surface area contributed by atoms with Crippen molar-refractivity contribution in [2.75, 3.05) is 32.2 Å². The molecule has 2 aromatic carbocycles. The maximum Gasteiger partial charge on any atom is 0.407 e. The van der Waals surface area contributed by atoms with Crippen LogP contribution in [0, 0.1) is 17.7 Å². The molecule has 4 amide bonds. The Hall–Kier alpha value is -6.50. The number of anilines is 1. The number of carbonyl (C=O) groups is 4. The number of alkyl carbamates (subject to hydrolysis) is 2. The first-order valence-corrected chi connectivity index (χ1v) is 24.6. The van der Waals surface area contributed by atoms with E-state index >= 15 is 8.78 Å². The fraction of sp³-hybridized carbons (Fsp3) is 0.480. The van der Waals surface area contributed by atoms with E-state index < -0.39 is 60.5 Å². The van der Waals surface area contributed by atoms with Gasteiger partial charge in [-0.3, -0.25) is 9.59 Å². The molecule has 5 aromatic rings. The van der Waals surface area contributed by atoms with E-state index in [1.54, 1.807) is 42.5 Å². The highest BCUT2D eigenvalue weighted by Crippen LogP contribution is 2.55. The molecule has 364 valence electrons. The second kappa shape index (κ2) is 18.4. The number of hydrogen-bond donors (Lipinski definition) is 4. The predicted octanol–water partition coefficient (Wildman–Crippen LogP) is 8.78. The molecule has 4 aliphatic heterocycles. The number of thiophene rings is 1. The number of alkyl halides is 1. The third-order valence-electron chi connectivity index (χ3n) is 14.2. The summed E-state index contributed by atoms with van der Waals surface area (Å²) < 4.78 is 48.5. The van der Waals surface area contributed by atoms with Crippen LogP contribution in [0.15, 0.2) is 54.9 Å². The Morgan fingerprint density at radius 1 is 0.797 bits per heavy atom. The van der Waals surface area contributed by atoms with Gasteiger partial charge in [0.05, 0.1) is 73.1 Å². The van der Waals surface area contributed by atoms with Crippen LogP contribution in [-0.4, -0.2) is 99.3 Å². The lowest BCUT2D eigenvalue weighted by molar-refractivity contribution is -0.136. The number of aromatic amines is 2. The van der Waals surface area contributed by atoms with Crippen LogP contribution in [0.1, 0.15) is 123 Å². The largest absolute Gasteiger partial charge is 0.465 e. The number of benzene rings is 2. The smallest absolute Gasteiger partial charge is 0.407 e. The van der Waals surface area contributed by atoms with Gasteiger partial charge in [-0.15, -0.1) is 11.3 Å². The zero-order valence-electron chi connectivity index (χ0n) is 39.4. The number of nitrogens with zero attached hydrogens (tertiary/aromatic N) is 5. The maximum absolute atomic E-state index is 17.0. The van der Waals surface area contributed by atoms with Crippen LogP contribution in [0.2, 0.25) is 0 Å². The second-order valence-electron chi connectivity index (χ2n) is 19.4. The molecular weight excluding hydrogens is 909 g/mol. The summed E-state index contributed by atoms with van der Waals surface area (Å²) in [6.07, 6.45) is 4.42. The van der Waals surface area contributed by atoms with E-state index in [-0.39, 0.29) is 36.8 Å². The third-order valence-corrected chi connectivity index (χ3v) is 15.5. The molecule has 2 unspecified atom stereocenters.